The maximum absolute atomic E-state index is 12.7. The summed E-state index contributed by atoms with van der Waals surface area (Å²) in [4.78, 5) is 37.9. The predicted molar refractivity (Wildman–Crippen MR) is 79.1 cm³/mol. The number of fused-ring (bicyclic) bond motifs is 1. The predicted octanol–water partition coefficient (Wildman–Crippen LogP) is 1.93. The van der Waals surface area contributed by atoms with Gasteiger partial charge in [0.1, 0.15) is 28.7 Å². The SMILES string of the molecule is O=COc1cc(OC=O)c2c(=O)c(-c3ccccn3)coc2c1. The smallest absolute Gasteiger partial charge is 0.298 e. The van der Waals surface area contributed by atoms with Crippen LogP contribution in [0.25, 0.3) is 22.2 Å². The van der Waals surface area contributed by atoms with Crippen molar-refractivity contribution in [1.29, 1.82) is 0 Å². The van der Waals surface area contributed by atoms with Crippen LogP contribution in [0, 0.1) is 0 Å². The van der Waals surface area contributed by atoms with Gasteiger partial charge >= 0.3 is 0 Å². The van der Waals surface area contributed by atoms with Crippen LogP contribution in [0.4, 0.5) is 0 Å². The van der Waals surface area contributed by atoms with Gasteiger partial charge in [0.15, 0.2) is 0 Å². The highest BCUT2D eigenvalue weighted by Crippen LogP contribution is 2.30. The molecule has 3 aromatic rings. The van der Waals surface area contributed by atoms with E-state index >= 15 is 0 Å². The Balaban J connectivity index is 2.29. The normalized spacial score (nSPS) is 10.3. The molecule has 0 bridgehead atoms. The molecule has 114 valence electrons. The second-order valence-corrected chi connectivity index (χ2v) is 4.42. The van der Waals surface area contributed by atoms with Gasteiger partial charge in [-0.25, -0.2) is 0 Å². The topological polar surface area (TPSA) is 95.7 Å². The van der Waals surface area contributed by atoms with E-state index in [0.29, 0.717) is 5.69 Å². The lowest BCUT2D eigenvalue weighted by Gasteiger charge is -2.07. The summed E-state index contributed by atoms with van der Waals surface area (Å²) in [5.41, 5.74) is 0.344. The van der Waals surface area contributed by atoms with E-state index in [1.807, 2.05) is 0 Å². The molecule has 0 spiro atoms. The average molecular weight is 311 g/mol. The van der Waals surface area contributed by atoms with Crippen molar-refractivity contribution < 1.29 is 23.5 Å². The van der Waals surface area contributed by atoms with Crippen molar-refractivity contribution in [3.8, 4) is 22.8 Å². The molecule has 7 nitrogen and oxygen atoms in total. The van der Waals surface area contributed by atoms with E-state index < -0.39 is 5.43 Å². The summed E-state index contributed by atoms with van der Waals surface area (Å²) in [7, 11) is 0. The number of rotatable bonds is 5. The third kappa shape index (κ3) is 2.67. The zero-order valence-electron chi connectivity index (χ0n) is 11.6. The molecule has 3 rings (SSSR count). The van der Waals surface area contributed by atoms with Gasteiger partial charge in [-0.2, -0.15) is 0 Å². The van der Waals surface area contributed by atoms with Crippen LogP contribution < -0.4 is 14.9 Å². The number of hydrogen-bond acceptors (Lipinski definition) is 7. The van der Waals surface area contributed by atoms with Gasteiger partial charge in [-0.05, 0) is 12.1 Å². The number of benzene rings is 1. The van der Waals surface area contributed by atoms with Crippen molar-refractivity contribution >= 4 is 23.9 Å². The number of carbonyl (C=O) groups excluding carboxylic acids is 2. The van der Waals surface area contributed by atoms with Gasteiger partial charge < -0.3 is 13.9 Å². The van der Waals surface area contributed by atoms with E-state index in [0.717, 1.165) is 0 Å². The standard InChI is InChI=1S/C16H9NO6/c18-8-22-10-5-13-15(14(6-10)23-9-19)16(20)11(7-21-13)12-3-1-2-4-17-12/h1-9H. The van der Waals surface area contributed by atoms with E-state index in [9.17, 15) is 14.4 Å². The van der Waals surface area contributed by atoms with E-state index in [-0.39, 0.29) is 41.0 Å². The summed E-state index contributed by atoms with van der Waals surface area (Å²) in [6.45, 7) is 0.387. The lowest BCUT2D eigenvalue weighted by molar-refractivity contribution is -0.121. The van der Waals surface area contributed by atoms with Crippen molar-refractivity contribution in [3.05, 3.63) is 53.0 Å². The number of aromatic nitrogens is 1. The molecule has 2 heterocycles. The fourth-order valence-corrected chi connectivity index (χ4v) is 2.16. The van der Waals surface area contributed by atoms with Crippen molar-refractivity contribution in [2.24, 2.45) is 0 Å². The Morgan fingerprint density at radius 1 is 1.09 bits per heavy atom. The van der Waals surface area contributed by atoms with E-state index in [1.165, 1.54) is 18.4 Å². The molecular weight excluding hydrogens is 302 g/mol. The summed E-state index contributed by atoms with van der Waals surface area (Å²) in [5.74, 6) is 0.0129. The fourth-order valence-electron chi connectivity index (χ4n) is 2.16. The van der Waals surface area contributed by atoms with Gasteiger partial charge in [0.2, 0.25) is 5.43 Å². The molecule has 23 heavy (non-hydrogen) atoms. The van der Waals surface area contributed by atoms with Gasteiger partial charge in [-0.15, -0.1) is 0 Å². The molecule has 7 heteroatoms. The number of pyridine rings is 1. The Bertz CT molecular complexity index is 932. The highest BCUT2D eigenvalue weighted by molar-refractivity contribution is 5.89. The number of ether oxygens (including phenoxy) is 2. The highest BCUT2D eigenvalue weighted by Gasteiger charge is 2.16. The Labute approximate surface area is 129 Å². The average Bonchev–Trinajstić information content (AvgIpc) is 2.56. The minimum Gasteiger partial charge on any atom is -0.463 e. The first-order chi connectivity index (χ1) is 11.2. The third-order valence-electron chi connectivity index (χ3n) is 3.12. The number of hydrogen-bond donors (Lipinski definition) is 0. The van der Waals surface area contributed by atoms with E-state index in [4.69, 9.17) is 13.9 Å². The first kappa shape index (κ1) is 14.5. The Morgan fingerprint density at radius 3 is 2.61 bits per heavy atom. The third-order valence-corrected chi connectivity index (χ3v) is 3.12. The van der Waals surface area contributed by atoms with Crippen molar-refractivity contribution in [3.63, 3.8) is 0 Å². The molecule has 0 aliphatic heterocycles. The van der Waals surface area contributed by atoms with Gasteiger partial charge in [0, 0.05) is 18.3 Å². The summed E-state index contributed by atoms with van der Waals surface area (Å²) < 4.78 is 14.9. The molecule has 0 fully saturated rings. The van der Waals surface area contributed by atoms with Crippen molar-refractivity contribution in [2.45, 2.75) is 0 Å². The summed E-state index contributed by atoms with van der Waals surface area (Å²) in [6.07, 6.45) is 2.80. The minimum atomic E-state index is -0.417. The van der Waals surface area contributed by atoms with Gasteiger partial charge in [0.25, 0.3) is 12.9 Å². The molecular formula is C16H9NO6. The summed E-state index contributed by atoms with van der Waals surface area (Å²) >= 11 is 0. The van der Waals surface area contributed by atoms with Gasteiger partial charge in [-0.3, -0.25) is 19.4 Å². The molecule has 2 aromatic heterocycles. The lowest BCUT2D eigenvalue weighted by atomic mass is 10.1. The van der Waals surface area contributed by atoms with Crippen LogP contribution in [-0.2, 0) is 9.59 Å². The van der Waals surface area contributed by atoms with Crippen LogP contribution in [0.3, 0.4) is 0 Å². The monoisotopic (exact) mass is 311 g/mol. The molecule has 0 unspecified atom stereocenters. The maximum atomic E-state index is 12.7. The van der Waals surface area contributed by atoms with Crippen LogP contribution in [0.15, 0.2) is 52.0 Å². The molecule has 0 amide bonds. The van der Waals surface area contributed by atoms with Crippen molar-refractivity contribution in [1.82, 2.24) is 4.98 Å². The first-order valence-electron chi connectivity index (χ1n) is 6.46. The quantitative estimate of drug-likeness (QED) is 0.664. The highest BCUT2D eigenvalue weighted by atomic mass is 16.5. The van der Waals surface area contributed by atoms with Crippen molar-refractivity contribution in [2.75, 3.05) is 0 Å². The lowest BCUT2D eigenvalue weighted by Crippen LogP contribution is -2.08. The fraction of sp³-hybridized carbons (Fsp3) is 0. The van der Waals surface area contributed by atoms with Crippen LogP contribution in [0.5, 0.6) is 11.5 Å². The van der Waals surface area contributed by atoms with Gasteiger partial charge in [-0.1, -0.05) is 6.07 Å². The first-order valence-corrected chi connectivity index (χ1v) is 6.46. The summed E-state index contributed by atoms with van der Waals surface area (Å²) in [5, 5.41) is 0.0542. The number of nitrogens with zero attached hydrogens (tertiary/aromatic N) is 1. The Kier molecular flexibility index (Phi) is 3.84. The second-order valence-electron chi connectivity index (χ2n) is 4.42. The molecule has 0 saturated carbocycles. The van der Waals surface area contributed by atoms with Gasteiger partial charge in [0.05, 0.1) is 11.3 Å². The van der Waals surface area contributed by atoms with E-state index in [2.05, 4.69) is 4.98 Å². The second kappa shape index (κ2) is 6.10. The molecule has 0 aliphatic rings. The van der Waals surface area contributed by atoms with Crippen LogP contribution in [-0.4, -0.2) is 17.9 Å². The largest absolute Gasteiger partial charge is 0.463 e. The minimum absolute atomic E-state index is 0.0542. The Morgan fingerprint density at radius 2 is 1.91 bits per heavy atom. The molecule has 0 radical (unpaired) electrons. The van der Waals surface area contributed by atoms with E-state index in [1.54, 1.807) is 24.4 Å². The Hall–Kier alpha value is -3.48. The van der Waals surface area contributed by atoms with Crippen LogP contribution in [0.1, 0.15) is 0 Å². The maximum Gasteiger partial charge on any atom is 0.298 e. The van der Waals surface area contributed by atoms with Crippen LogP contribution in [0.2, 0.25) is 0 Å². The molecule has 0 aliphatic carbocycles. The molecule has 0 atom stereocenters. The molecule has 0 saturated heterocycles. The zero-order chi connectivity index (χ0) is 16.2. The molecule has 1 aromatic carbocycles. The number of carbonyl (C=O) groups is 2. The molecule has 0 N–H and O–H groups in total. The van der Waals surface area contributed by atoms with Crippen LogP contribution >= 0.6 is 0 Å². The zero-order valence-corrected chi connectivity index (χ0v) is 11.6. The summed E-state index contributed by atoms with van der Waals surface area (Å²) in [6, 6.07) is 7.71.